The molecule has 0 atom stereocenters. The molecule has 0 fully saturated rings. The topological polar surface area (TPSA) is 72.8 Å². The van der Waals surface area contributed by atoms with Crippen LogP contribution in [0.5, 0.6) is 5.75 Å². The highest BCUT2D eigenvalue weighted by atomic mass is 16.5. The van der Waals surface area contributed by atoms with Gasteiger partial charge in [0.15, 0.2) is 0 Å². The van der Waals surface area contributed by atoms with E-state index in [1.807, 2.05) is 43.6 Å². The minimum atomic E-state index is -0.212. The number of aryl methyl sites for hydroxylation is 1. The Morgan fingerprint density at radius 3 is 2.81 bits per heavy atom. The molecule has 3 aromatic rings. The van der Waals surface area contributed by atoms with E-state index in [-0.39, 0.29) is 12.2 Å². The highest BCUT2D eigenvalue weighted by Crippen LogP contribution is 2.14. The molecule has 6 heteroatoms. The molecule has 0 aliphatic heterocycles. The zero-order chi connectivity index (χ0) is 14.7. The summed E-state index contributed by atoms with van der Waals surface area (Å²) in [4.78, 5) is 18.8. The Kier molecular flexibility index (Phi) is 3.51. The minimum Gasteiger partial charge on any atom is -0.486 e. The zero-order valence-corrected chi connectivity index (χ0v) is 11.5. The lowest BCUT2D eigenvalue weighted by Crippen LogP contribution is -2.13. The number of hydrogen-bond donors (Lipinski definition) is 1. The number of nitrogens with zero attached hydrogens (tertiary/aromatic N) is 3. The van der Waals surface area contributed by atoms with Gasteiger partial charge >= 0.3 is 0 Å². The molecule has 2 aromatic heterocycles. The maximum absolute atomic E-state index is 11.7. The van der Waals surface area contributed by atoms with E-state index in [2.05, 4.69) is 15.1 Å². The summed E-state index contributed by atoms with van der Waals surface area (Å²) in [7, 11) is 1.82. The van der Waals surface area contributed by atoms with Crippen LogP contribution in [0.15, 0.2) is 53.6 Å². The molecule has 106 valence electrons. The largest absolute Gasteiger partial charge is 0.486 e. The zero-order valence-electron chi connectivity index (χ0n) is 11.5. The van der Waals surface area contributed by atoms with Crippen LogP contribution in [0, 0.1) is 0 Å². The average molecular weight is 282 g/mol. The summed E-state index contributed by atoms with van der Waals surface area (Å²) < 4.78 is 7.25. The van der Waals surface area contributed by atoms with E-state index in [9.17, 15) is 4.79 Å². The van der Waals surface area contributed by atoms with Gasteiger partial charge < -0.3 is 9.72 Å². The Hall–Kier alpha value is -2.89. The van der Waals surface area contributed by atoms with E-state index < -0.39 is 0 Å². The molecular formula is C15H14N4O2. The molecule has 0 bridgehead atoms. The van der Waals surface area contributed by atoms with Gasteiger partial charge in [-0.3, -0.25) is 9.48 Å². The van der Waals surface area contributed by atoms with Crippen LogP contribution in [0.1, 0.15) is 5.82 Å². The Morgan fingerprint density at radius 2 is 2.10 bits per heavy atom. The van der Waals surface area contributed by atoms with Crippen molar-refractivity contribution < 1.29 is 4.74 Å². The number of H-pyrrole nitrogens is 1. The number of rotatable bonds is 4. The van der Waals surface area contributed by atoms with Crippen molar-refractivity contribution in [2.24, 2.45) is 7.05 Å². The summed E-state index contributed by atoms with van der Waals surface area (Å²) in [5.41, 5.74) is 1.17. The van der Waals surface area contributed by atoms with Crippen molar-refractivity contribution in [3.05, 3.63) is 65.0 Å². The molecule has 0 saturated heterocycles. The molecule has 0 aliphatic carbocycles. The first kappa shape index (κ1) is 13.1. The second-order valence-corrected chi connectivity index (χ2v) is 4.58. The lowest BCUT2D eigenvalue weighted by molar-refractivity contribution is 0.295. The maximum atomic E-state index is 11.7. The Labute approximate surface area is 121 Å². The normalized spacial score (nSPS) is 10.5. The van der Waals surface area contributed by atoms with Crippen LogP contribution in [0.3, 0.4) is 0 Å². The van der Waals surface area contributed by atoms with Crippen molar-refractivity contribution in [2.75, 3.05) is 0 Å². The van der Waals surface area contributed by atoms with Crippen LogP contribution in [0.2, 0.25) is 0 Å². The fraction of sp³-hybridized carbons (Fsp3) is 0.133. The number of para-hydroxylation sites is 1. The van der Waals surface area contributed by atoms with Crippen molar-refractivity contribution >= 4 is 0 Å². The monoisotopic (exact) mass is 282 g/mol. The number of aromatic nitrogens is 4. The first-order chi connectivity index (χ1) is 10.2. The second-order valence-electron chi connectivity index (χ2n) is 4.58. The summed E-state index contributed by atoms with van der Waals surface area (Å²) >= 11 is 0. The third kappa shape index (κ3) is 3.17. The van der Waals surface area contributed by atoms with Crippen molar-refractivity contribution in [3.8, 4) is 17.0 Å². The molecule has 3 rings (SSSR count). The third-order valence-corrected chi connectivity index (χ3v) is 2.91. The maximum Gasteiger partial charge on any atom is 0.251 e. The van der Waals surface area contributed by atoms with Crippen molar-refractivity contribution in [1.82, 2.24) is 19.7 Å². The molecule has 6 nitrogen and oxygen atoms in total. The van der Waals surface area contributed by atoms with E-state index in [1.54, 1.807) is 10.9 Å². The molecule has 0 radical (unpaired) electrons. The Balaban J connectivity index is 1.83. The van der Waals surface area contributed by atoms with Crippen LogP contribution in [0.4, 0.5) is 0 Å². The van der Waals surface area contributed by atoms with Crippen molar-refractivity contribution in [2.45, 2.75) is 6.61 Å². The molecule has 1 aromatic carbocycles. The molecule has 0 amide bonds. The molecule has 2 heterocycles. The SMILES string of the molecule is Cn1cc(-c2cc(=O)[nH]c(COc3ccccc3)n2)cn1. The number of benzene rings is 1. The summed E-state index contributed by atoms with van der Waals surface area (Å²) in [5.74, 6) is 1.21. The fourth-order valence-corrected chi connectivity index (χ4v) is 1.95. The van der Waals surface area contributed by atoms with Gasteiger partial charge in [0, 0.05) is 24.9 Å². The number of hydrogen-bond acceptors (Lipinski definition) is 4. The summed E-state index contributed by atoms with van der Waals surface area (Å²) in [6, 6.07) is 10.8. The van der Waals surface area contributed by atoms with Crippen molar-refractivity contribution in [1.29, 1.82) is 0 Å². The third-order valence-electron chi connectivity index (χ3n) is 2.91. The summed E-state index contributed by atoms with van der Waals surface area (Å²) in [6.07, 6.45) is 3.48. The second kappa shape index (κ2) is 5.62. The van der Waals surface area contributed by atoms with E-state index in [4.69, 9.17) is 4.74 Å². The Morgan fingerprint density at radius 1 is 1.29 bits per heavy atom. The van der Waals surface area contributed by atoms with Gasteiger partial charge in [0.25, 0.3) is 5.56 Å². The quantitative estimate of drug-likeness (QED) is 0.791. The van der Waals surface area contributed by atoms with Crippen LogP contribution in [-0.2, 0) is 13.7 Å². The lowest BCUT2D eigenvalue weighted by Gasteiger charge is -2.06. The molecule has 0 spiro atoms. The lowest BCUT2D eigenvalue weighted by atomic mass is 10.2. The molecular weight excluding hydrogens is 268 g/mol. The Bertz CT molecular complexity index is 793. The van der Waals surface area contributed by atoms with Gasteiger partial charge in [-0.1, -0.05) is 18.2 Å². The first-order valence-electron chi connectivity index (χ1n) is 6.48. The van der Waals surface area contributed by atoms with Gasteiger partial charge in [0.05, 0.1) is 11.9 Å². The van der Waals surface area contributed by atoms with Crippen LogP contribution in [-0.4, -0.2) is 19.7 Å². The highest BCUT2D eigenvalue weighted by Gasteiger charge is 2.06. The smallest absolute Gasteiger partial charge is 0.251 e. The number of ether oxygens (including phenoxy) is 1. The predicted molar refractivity (Wildman–Crippen MR) is 77.8 cm³/mol. The molecule has 21 heavy (non-hydrogen) atoms. The van der Waals surface area contributed by atoms with Gasteiger partial charge in [-0.05, 0) is 12.1 Å². The highest BCUT2D eigenvalue weighted by molar-refractivity contribution is 5.56. The first-order valence-corrected chi connectivity index (χ1v) is 6.48. The summed E-state index contributed by atoms with van der Waals surface area (Å²) in [5, 5.41) is 4.08. The minimum absolute atomic E-state index is 0.202. The van der Waals surface area contributed by atoms with Gasteiger partial charge in [-0.2, -0.15) is 5.10 Å². The molecule has 1 N–H and O–H groups in total. The van der Waals surface area contributed by atoms with E-state index >= 15 is 0 Å². The number of nitrogens with one attached hydrogen (secondary N) is 1. The van der Waals surface area contributed by atoms with E-state index in [0.717, 1.165) is 11.3 Å². The predicted octanol–water partition coefficient (Wildman–Crippen LogP) is 1.75. The average Bonchev–Trinajstić information content (AvgIpc) is 2.92. The van der Waals surface area contributed by atoms with Crippen LogP contribution in [0.25, 0.3) is 11.3 Å². The van der Waals surface area contributed by atoms with E-state index in [0.29, 0.717) is 11.5 Å². The van der Waals surface area contributed by atoms with Gasteiger partial charge in [-0.25, -0.2) is 4.98 Å². The van der Waals surface area contributed by atoms with Gasteiger partial charge in [-0.15, -0.1) is 0 Å². The summed E-state index contributed by atoms with van der Waals surface area (Å²) in [6.45, 7) is 0.202. The van der Waals surface area contributed by atoms with Crippen LogP contribution >= 0.6 is 0 Å². The molecule has 0 aliphatic rings. The standard InChI is InChI=1S/C15H14N4O2/c1-19-9-11(8-16-19)13-7-15(20)18-14(17-13)10-21-12-5-3-2-4-6-12/h2-9H,10H2,1H3,(H,17,18,20). The van der Waals surface area contributed by atoms with E-state index in [1.165, 1.54) is 6.07 Å². The van der Waals surface area contributed by atoms with Gasteiger partial charge in [0.2, 0.25) is 0 Å². The number of aromatic amines is 1. The molecule has 0 saturated carbocycles. The van der Waals surface area contributed by atoms with Crippen molar-refractivity contribution in [3.63, 3.8) is 0 Å². The van der Waals surface area contributed by atoms with Crippen LogP contribution < -0.4 is 10.3 Å². The van der Waals surface area contributed by atoms with Gasteiger partial charge in [0.1, 0.15) is 18.2 Å². The molecule has 0 unspecified atom stereocenters. The fourth-order valence-electron chi connectivity index (χ4n) is 1.95.